The van der Waals surface area contributed by atoms with E-state index in [-0.39, 0.29) is 30.6 Å². The minimum absolute atomic E-state index is 0.0419. The number of ether oxygens (including phenoxy) is 1. The van der Waals surface area contributed by atoms with Crippen LogP contribution in [-0.4, -0.2) is 35.4 Å². The lowest BCUT2D eigenvalue weighted by Crippen LogP contribution is -2.33. The van der Waals surface area contributed by atoms with Crippen LogP contribution in [0.4, 0.5) is 18.0 Å². The summed E-state index contributed by atoms with van der Waals surface area (Å²) in [5, 5.41) is 11.2. The van der Waals surface area contributed by atoms with Crippen LogP contribution in [0.2, 0.25) is 0 Å². The summed E-state index contributed by atoms with van der Waals surface area (Å²) in [6.07, 6.45) is 2.81. The van der Waals surface area contributed by atoms with Gasteiger partial charge in [-0.2, -0.15) is 0 Å². The van der Waals surface area contributed by atoms with Gasteiger partial charge in [0.15, 0.2) is 0 Å². The average Bonchev–Trinajstić information content (AvgIpc) is 3.08. The quantitative estimate of drug-likeness (QED) is 0.597. The van der Waals surface area contributed by atoms with Crippen LogP contribution in [0.25, 0.3) is 22.2 Å². The molecule has 5 nitrogen and oxygen atoms in total. The van der Waals surface area contributed by atoms with E-state index in [0.29, 0.717) is 16.6 Å². The van der Waals surface area contributed by atoms with Crippen molar-refractivity contribution in [2.75, 3.05) is 13.2 Å². The Balaban J connectivity index is 0.000000188. The van der Waals surface area contributed by atoms with Crippen molar-refractivity contribution < 1.29 is 27.8 Å². The second kappa shape index (κ2) is 9.47. The van der Waals surface area contributed by atoms with Crippen molar-refractivity contribution in [1.29, 1.82) is 0 Å². The molecule has 0 atom stereocenters. The van der Waals surface area contributed by atoms with E-state index in [1.165, 1.54) is 18.2 Å². The second-order valence-electron chi connectivity index (χ2n) is 6.65. The Morgan fingerprint density at radius 3 is 2.45 bits per heavy atom. The maximum Gasteiger partial charge on any atom is 0.407 e. The first-order valence-corrected chi connectivity index (χ1v) is 9.25. The third kappa shape index (κ3) is 5.51. The fraction of sp³-hybridized carbons (Fsp3) is 0.286. The number of hydrogen-bond acceptors (Lipinski definition) is 3. The number of amides is 1. The smallest absolute Gasteiger partial charge is 0.407 e. The van der Waals surface area contributed by atoms with Crippen LogP contribution in [0.3, 0.4) is 0 Å². The van der Waals surface area contributed by atoms with Gasteiger partial charge in [-0.1, -0.05) is 0 Å². The van der Waals surface area contributed by atoms with Crippen molar-refractivity contribution in [2.24, 2.45) is 0 Å². The number of nitrogens with one attached hydrogen (secondary N) is 2. The molecule has 0 radical (unpaired) electrons. The van der Waals surface area contributed by atoms with Gasteiger partial charge in [-0.05, 0) is 61.2 Å². The highest BCUT2D eigenvalue weighted by atomic mass is 19.1. The van der Waals surface area contributed by atoms with Gasteiger partial charge in [0.1, 0.15) is 23.6 Å². The lowest BCUT2D eigenvalue weighted by molar-refractivity contribution is 0.0517. The average molecular weight is 406 g/mol. The van der Waals surface area contributed by atoms with Gasteiger partial charge in [0, 0.05) is 23.7 Å². The molecule has 1 amide bonds. The molecule has 0 saturated heterocycles. The SMILES string of the molecule is Fc1ccc(-c2cc3cc(F)cc(F)c3[nH]2)cc1.O=C(NCCO)OC1CCC1. The molecule has 1 aliphatic carbocycles. The summed E-state index contributed by atoms with van der Waals surface area (Å²) in [6, 6.07) is 9.50. The normalized spacial score (nSPS) is 13.4. The summed E-state index contributed by atoms with van der Waals surface area (Å²) in [5.74, 6) is -1.60. The largest absolute Gasteiger partial charge is 0.446 e. The zero-order valence-electron chi connectivity index (χ0n) is 15.6. The molecule has 1 heterocycles. The molecule has 1 saturated carbocycles. The Labute approximate surface area is 165 Å². The molecule has 0 bridgehead atoms. The molecule has 0 aliphatic heterocycles. The van der Waals surface area contributed by atoms with Gasteiger partial charge in [-0.3, -0.25) is 0 Å². The van der Waals surface area contributed by atoms with Crippen molar-refractivity contribution in [3.8, 4) is 11.3 Å². The van der Waals surface area contributed by atoms with E-state index in [9.17, 15) is 18.0 Å². The molecule has 29 heavy (non-hydrogen) atoms. The summed E-state index contributed by atoms with van der Waals surface area (Å²) in [5.41, 5.74) is 1.58. The topological polar surface area (TPSA) is 74.4 Å². The zero-order chi connectivity index (χ0) is 20.8. The van der Waals surface area contributed by atoms with E-state index >= 15 is 0 Å². The van der Waals surface area contributed by atoms with Gasteiger partial charge < -0.3 is 20.1 Å². The molecular formula is C21H21F3N2O3. The van der Waals surface area contributed by atoms with Crippen LogP contribution in [-0.2, 0) is 4.74 Å². The fourth-order valence-electron chi connectivity index (χ4n) is 2.79. The van der Waals surface area contributed by atoms with Crippen molar-refractivity contribution >= 4 is 17.0 Å². The van der Waals surface area contributed by atoms with E-state index in [4.69, 9.17) is 9.84 Å². The van der Waals surface area contributed by atoms with Gasteiger partial charge >= 0.3 is 6.09 Å². The first-order valence-electron chi connectivity index (χ1n) is 9.25. The Hall–Kier alpha value is -3.00. The maximum atomic E-state index is 13.5. The molecule has 154 valence electrons. The van der Waals surface area contributed by atoms with Crippen molar-refractivity contribution in [2.45, 2.75) is 25.4 Å². The molecule has 8 heteroatoms. The Kier molecular flexibility index (Phi) is 6.77. The lowest BCUT2D eigenvalue weighted by atomic mass is 9.96. The molecular weight excluding hydrogens is 385 g/mol. The zero-order valence-corrected chi connectivity index (χ0v) is 15.6. The van der Waals surface area contributed by atoms with Gasteiger partial charge in [-0.15, -0.1) is 0 Å². The van der Waals surface area contributed by atoms with Crippen molar-refractivity contribution in [1.82, 2.24) is 10.3 Å². The van der Waals surface area contributed by atoms with Crippen LogP contribution < -0.4 is 5.32 Å². The standard InChI is InChI=1S/C14H8F3N.C7H13NO3/c15-10-3-1-8(2-4-10)13-6-9-5-11(16)7-12(17)14(9)18-13;9-5-4-8-7(10)11-6-2-1-3-6/h1-7,18H;6,9H,1-5H2,(H,8,10). The van der Waals surface area contributed by atoms with Crippen molar-refractivity contribution in [3.05, 3.63) is 59.9 Å². The Bertz CT molecular complexity index is 969. The number of H-pyrrole nitrogens is 1. The van der Waals surface area contributed by atoms with Crippen LogP contribution in [0.1, 0.15) is 19.3 Å². The van der Waals surface area contributed by atoms with Crippen LogP contribution in [0, 0.1) is 17.5 Å². The summed E-state index contributed by atoms with van der Waals surface area (Å²) < 4.78 is 44.3. The Morgan fingerprint density at radius 1 is 1.10 bits per heavy atom. The highest BCUT2D eigenvalue weighted by Gasteiger charge is 2.21. The monoisotopic (exact) mass is 406 g/mol. The van der Waals surface area contributed by atoms with Gasteiger partial charge in [0.05, 0.1) is 12.1 Å². The van der Waals surface area contributed by atoms with Gasteiger partial charge in [0.2, 0.25) is 0 Å². The van der Waals surface area contributed by atoms with Gasteiger partial charge in [0.25, 0.3) is 0 Å². The highest BCUT2D eigenvalue weighted by Crippen LogP contribution is 2.26. The van der Waals surface area contributed by atoms with E-state index in [1.54, 1.807) is 18.2 Å². The van der Waals surface area contributed by atoms with Crippen LogP contribution in [0.5, 0.6) is 0 Å². The number of alkyl carbamates (subject to hydrolysis) is 1. The number of aromatic amines is 1. The summed E-state index contributed by atoms with van der Waals surface area (Å²) in [4.78, 5) is 13.6. The first-order chi connectivity index (χ1) is 14.0. The molecule has 2 aromatic carbocycles. The molecule has 1 aliphatic rings. The molecule has 4 rings (SSSR count). The predicted molar refractivity (Wildman–Crippen MR) is 103 cm³/mol. The van der Waals surface area contributed by atoms with E-state index < -0.39 is 17.7 Å². The van der Waals surface area contributed by atoms with E-state index in [1.807, 2.05) is 0 Å². The number of aromatic nitrogens is 1. The maximum absolute atomic E-state index is 13.5. The van der Waals surface area contributed by atoms with Crippen LogP contribution in [0.15, 0.2) is 42.5 Å². The molecule has 1 aromatic heterocycles. The minimum Gasteiger partial charge on any atom is -0.446 e. The number of aliphatic hydroxyl groups is 1. The number of carbonyl (C=O) groups excluding carboxylic acids is 1. The van der Waals surface area contributed by atoms with Crippen molar-refractivity contribution in [3.63, 3.8) is 0 Å². The molecule has 0 unspecified atom stereocenters. The van der Waals surface area contributed by atoms with Gasteiger partial charge in [-0.25, -0.2) is 18.0 Å². The number of halogens is 3. The summed E-state index contributed by atoms with van der Waals surface area (Å²) in [7, 11) is 0. The van der Waals surface area contributed by atoms with E-state index in [2.05, 4.69) is 10.3 Å². The van der Waals surface area contributed by atoms with Crippen LogP contribution >= 0.6 is 0 Å². The summed E-state index contributed by atoms with van der Waals surface area (Å²) >= 11 is 0. The van der Waals surface area contributed by atoms with E-state index in [0.717, 1.165) is 25.3 Å². The predicted octanol–water partition coefficient (Wildman–Crippen LogP) is 4.51. The number of hydrogen-bond donors (Lipinski definition) is 3. The molecule has 3 N–H and O–H groups in total. The highest BCUT2D eigenvalue weighted by molar-refractivity contribution is 5.86. The second-order valence-corrected chi connectivity index (χ2v) is 6.65. The number of fused-ring (bicyclic) bond motifs is 1. The molecule has 0 spiro atoms. The fourth-order valence-corrected chi connectivity index (χ4v) is 2.79. The number of rotatable bonds is 4. The number of aliphatic hydroxyl groups excluding tert-OH is 1. The lowest BCUT2D eigenvalue weighted by Gasteiger charge is -2.24. The minimum atomic E-state index is -0.640. The Morgan fingerprint density at radius 2 is 1.83 bits per heavy atom. The number of carbonyl (C=O) groups is 1. The first kappa shape index (κ1) is 20.7. The third-order valence-corrected chi connectivity index (χ3v) is 4.51. The summed E-state index contributed by atoms with van der Waals surface area (Å²) in [6.45, 7) is 0.227. The molecule has 1 fully saturated rings. The third-order valence-electron chi connectivity index (χ3n) is 4.51. The number of benzene rings is 2. The molecule has 3 aromatic rings.